The highest BCUT2D eigenvalue weighted by molar-refractivity contribution is 5.80. The summed E-state index contributed by atoms with van der Waals surface area (Å²) >= 11 is 0. The van der Waals surface area contributed by atoms with Gasteiger partial charge in [0.15, 0.2) is 0 Å². The lowest BCUT2D eigenvalue weighted by molar-refractivity contribution is -0.145. The van der Waals surface area contributed by atoms with E-state index in [0.29, 0.717) is 6.42 Å². The predicted molar refractivity (Wildman–Crippen MR) is 64.5 cm³/mol. The van der Waals surface area contributed by atoms with Crippen LogP contribution >= 0.6 is 0 Å². The van der Waals surface area contributed by atoms with Crippen LogP contribution in [0.3, 0.4) is 0 Å². The van der Waals surface area contributed by atoms with Crippen molar-refractivity contribution in [1.82, 2.24) is 4.90 Å². The molecule has 0 aliphatic carbocycles. The van der Waals surface area contributed by atoms with Gasteiger partial charge in [-0.15, -0.1) is 0 Å². The molecule has 4 nitrogen and oxygen atoms in total. The van der Waals surface area contributed by atoms with Gasteiger partial charge in [-0.25, -0.2) is 0 Å². The van der Waals surface area contributed by atoms with Gasteiger partial charge in [-0.1, -0.05) is 37.3 Å². The smallest absolute Gasteiger partial charge is 0.323 e. The lowest BCUT2D eigenvalue weighted by Gasteiger charge is -2.29. The first-order valence-electron chi connectivity index (χ1n) is 5.60. The zero-order chi connectivity index (χ0) is 12.8. The minimum absolute atomic E-state index is 0.176. The first kappa shape index (κ1) is 13.2. The van der Waals surface area contributed by atoms with Crippen LogP contribution in [0.5, 0.6) is 0 Å². The van der Waals surface area contributed by atoms with E-state index in [2.05, 4.69) is 0 Å². The van der Waals surface area contributed by atoms with Crippen LogP contribution in [0.15, 0.2) is 30.3 Å². The number of carboxylic acid groups (broad SMARTS) is 1. The van der Waals surface area contributed by atoms with E-state index < -0.39 is 5.97 Å². The molecular formula is C13H17NO3. The number of aliphatic carboxylic acids is 1. The van der Waals surface area contributed by atoms with E-state index >= 15 is 0 Å². The van der Waals surface area contributed by atoms with Gasteiger partial charge in [-0.05, 0) is 12.0 Å². The minimum atomic E-state index is -0.991. The molecule has 0 radical (unpaired) electrons. The Labute approximate surface area is 101 Å². The normalized spacial score (nSPS) is 11.9. The molecule has 4 heteroatoms. The van der Waals surface area contributed by atoms with Crippen LogP contribution in [-0.4, -0.2) is 28.4 Å². The van der Waals surface area contributed by atoms with Crippen molar-refractivity contribution < 1.29 is 14.7 Å². The van der Waals surface area contributed by atoms with Crippen molar-refractivity contribution in [3.05, 3.63) is 35.9 Å². The van der Waals surface area contributed by atoms with Crippen LogP contribution < -0.4 is 0 Å². The maximum atomic E-state index is 11.5. The Balaban J connectivity index is 2.97. The van der Waals surface area contributed by atoms with Gasteiger partial charge in [0, 0.05) is 6.92 Å². The highest BCUT2D eigenvalue weighted by atomic mass is 16.4. The van der Waals surface area contributed by atoms with Crippen molar-refractivity contribution >= 4 is 11.9 Å². The molecule has 0 heterocycles. The second-order valence-electron chi connectivity index (χ2n) is 3.88. The monoisotopic (exact) mass is 235 g/mol. The fraction of sp³-hybridized carbons (Fsp3) is 0.385. The molecule has 0 bridgehead atoms. The molecule has 0 saturated heterocycles. The second-order valence-corrected chi connectivity index (χ2v) is 3.88. The van der Waals surface area contributed by atoms with Crippen molar-refractivity contribution in [2.24, 2.45) is 0 Å². The summed E-state index contributed by atoms with van der Waals surface area (Å²) in [6.45, 7) is 3.08. The van der Waals surface area contributed by atoms with Gasteiger partial charge >= 0.3 is 5.97 Å². The molecule has 1 aromatic carbocycles. The molecule has 0 aromatic heterocycles. The summed E-state index contributed by atoms with van der Waals surface area (Å²) in [5.74, 6) is -1.21. The van der Waals surface area contributed by atoms with Crippen molar-refractivity contribution in [3.8, 4) is 0 Å². The molecule has 1 rings (SSSR count). The molecule has 1 atom stereocenters. The summed E-state index contributed by atoms with van der Waals surface area (Å²) in [6, 6.07) is 9.31. The van der Waals surface area contributed by atoms with Crippen molar-refractivity contribution in [3.63, 3.8) is 0 Å². The minimum Gasteiger partial charge on any atom is -0.480 e. The molecule has 1 amide bonds. The third kappa shape index (κ3) is 3.59. The number of benzene rings is 1. The van der Waals surface area contributed by atoms with Crippen LogP contribution in [0.4, 0.5) is 0 Å². The van der Waals surface area contributed by atoms with E-state index in [9.17, 15) is 9.59 Å². The molecule has 0 saturated carbocycles. The lowest BCUT2D eigenvalue weighted by atomic mass is 10.0. The predicted octanol–water partition coefficient (Wildman–Crippen LogP) is 2.07. The van der Waals surface area contributed by atoms with Crippen LogP contribution in [0.1, 0.15) is 31.9 Å². The Kier molecular flexibility index (Phi) is 4.69. The highest BCUT2D eigenvalue weighted by Gasteiger charge is 2.22. The van der Waals surface area contributed by atoms with E-state index in [4.69, 9.17) is 5.11 Å². The zero-order valence-electron chi connectivity index (χ0n) is 10.1. The summed E-state index contributed by atoms with van der Waals surface area (Å²) < 4.78 is 0. The third-order valence-electron chi connectivity index (χ3n) is 2.66. The summed E-state index contributed by atoms with van der Waals surface area (Å²) in [7, 11) is 0. The Bertz CT molecular complexity index is 389. The van der Waals surface area contributed by atoms with Crippen LogP contribution in [0, 0.1) is 0 Å². The van der Waals surface area contributed by atoms with E-state index in [1.54, 1.807) is 0 Å². The second kappa shape index (κ2) is 6.03. The van der Waals surface area contributed by atoms with Gasteiger partial charge in [-0.2, -0.15) is 0 Å². The topological polar surface area (TPSA) is 57.6 Å². The number of hydrogen-bond acceptors (Lipinski definition) is 2. The average Bonchev–Trinajstić information content (AvgIpc) is 2.29. The SMILES string of the molecule is CCC(c1ccccc1)N(CC(=O)O)C(C)=O. The molecule has 1 unspecified atom stereocenters. The van der Waals surface area contributed by atoms with Gasteiger partial charge < -0.3 is 10.0 Å². The summed E-state index contributed by atoms with van der Waals surface area (Å²) in [4.78, 5) is 23.7. The van der Waals surface area contributed by atoms with Gasteiger partial charge in [-0.3, -0.25) is 9.59 Å². The molecular weight excluding hydrogens is 218 g/mol. The standard InChI is InChI=1S/C13H17NO3/c1-3-12(11-7-5-4-6-8-11)14(10(2)15)9-13(16)17/h4-8,12H,3,9H2,1-2H3,(H,16,17). The Morgan fingerprint density at radius 1 is 1.29 bits per heavy atom. The summed E-state index contributed by atoms with van der Waals surface area (Å²) in [5, 5.41) is 8.83. The Morgan fingerprint density at radius 2 is 1.88 bits per heavy atom. The number of carbonyl (C=O) groups is 2. The van der Waals surface area contributed by atoms with Crippen molar-refractivity contribution in [1.29, 1.82) is 0 Å². The van der Waals surface area contributed by atoms with Crippen molar-refractivity contribution in [2.75, 3.05) is 6.54 Å². The average molecular weight is 235 g/mol. The van der Waals surface area contributed by atoms with Gasteiger partial charge in [0.05, 0.1) is 6.04 Å². The third-order valence-corrected chi connectivity index (χ3v) is 2.66. The maximum absolute atomic E-state index is 11.5. The maximum Gasteiger partial charge on any atom is 0.323 e. The molecule has 1 N–H and O–H groups in total. The quantitative estimate of drug-likeness (QED) is 0.850. The van der Waals surface area contributed by atoms with E-state index in [1.165, 1.54) is 11.8 Å². The van der Waals surface area contributed by atoms with Crippen LogP contribution in [0.2, 0.25) is 0 Å². The molecule has 17 heavy (non-hydrogen) atoms. The summed E-state index contributed by atoms with van der Waals surface area (Å²) in [6.07, 6.45) is 0.691. The molecule has 92 valence electrons. The number of carbonyl (C=O) groups excluding carboxylic acids is 1. The van der Waals surface area contributed by atoms with Crippen molar-refractivity contribution in [2.45, 2.75) is 26.3 Å². The number of nitrogens with zero attached hydrogens (tertiary/aromatic N) is 1. The van der Waals surface area contributed by atoms with E-state index in [-0.39, 0.29) is 18.5 Å². The molecule has 0 spiro atoms. The molecule has 0 fully saturated rings. The van der Waals surface area contributed by atoms with Crippen LogP contribution in [-0.2, 0) is 9.59 Å². The fourth-order valence-electron chi connectivity index (χ4n) is 1.90. The molecule has 0 aliphatic rings. The lowest BCUT2D eigenvalue weighted by Crippen LogP contribution is -2.37. The number of hydrogen-bond donors (Lipinski definition) is 1. The first-order valence-corrected chi connectivity index (χ1v) is 5.60. The molecule has 1 aromatic rings. The van der Waals surface area contributed by atoms with E-state index in [0.717, 1.165) is 5.56 Å². The van der Waals surface area contributed by atoms with Gasteiger partial charge in [0.25, 0.3) is 0 Å². The number of rotatable bonds is 5. The number of carboxylic acids is 1. The highest BCUT2D eigenvalue weighted by Crippen LogP contribution is 2.23. The Morgan fingerprint density at radius 3 is 2.29 bits per heavy atom. The van der Waals surface area contributed by atoms with Gasteiger partial charge in [0.1, 0.15) is 6.54 Å². The number of amides is 1. The van der Waals surface area contributed by atoms with E-state index in [1.807, 2.05) is 37.3 Å². The summed E-state index contributed by atoms with van der Waals surface area (Å²) in [5.41, 5.74) is 0.964. The molecule has 0 aliphatic heterocycles. The van der Waals surface area contributed by atoms with Gasteiger partial charge in [0.2, 0.25) is 5.91 Å². The Hall–Kier alpha value is -1.84. The fourth-order valence-corrected chi connectivity index (χ4v) is 1.90. The largest absolute Gasteiger partial charge is 0.480 e. The zero-order valence-corrected chi connectivity index (χ0v) is 10.1. The first-order chi connectivity index (χ1) is 8.06. The van der Waals surface area contributed by atoms with Crippen LogP contribution in [0.25, 0.3) is 0 Å².